The molecule has 1 aromatic carbocycles. The molecule has 0 spiro atoms. The van der Waals surface area contributed by atoms with Crippen LogP contribution in [0.2, 0.25) is 0 Å². The van der Waals surface area contributed by atoms with Gasteiger partial charge in [-0.25, -0.2) is 4.79 Å². The molecule has 0 aliphatic carbocycles. The fraction of sp³-hybridized carbons (Fsp3) is 0.500. The molecule has 0 radical (unpaired) electrons. The maximum absolute atomic E-state index is 12.0. The fourth-order valence-electron chi connectivity index (χ4n) is 2.81. The number of aliphatic carboxylic acids is 1. The van der Waals surface area contributed by atoms with E-state index in [1.54, 1.807) is 4.90 Å². The first kappa shape index (κ1) is 20.0. The number of hydrogen-bond acceptors (Lipinski definition) is 4. The van der Waals surface area contributed by atoms with Gasteiger partial charge in [0, 0.05) is 18.5 Å². The van der Waals surface area contributed by atoms with Crippen LogP contribution in [0.1, 0.15) is 33.3 Å². The summed E-state index contributed by atoms with van der Waals surface area (Å²) < 4.78 is 11.1. The number of amides is 1. The molecule has 0 fully saturated rings. The Morgan fingerprint density at radius 1 is 1.23 bits per heavy atom. The highest BCUT2D eigenvalue weighted by Crippen LogP contribution is 2.18. The third-order valence-electron chi connectivity index (χ3n) is 4.36. The van der Waals surface area contributed by atoms with Crippen molar-refractivity contribution in [1.82, 2.24) is 4.90 Å². The second-order valence-electron chi connectivity index (χ2n) is 6.84. The number of carbonyl (C=O) groups is 2. The quantitative estimate of drug-likeness (QED) is 0.732. The zero-order chi connectivity index (χ0) is 19.3. The second-order valence-corrected chi connectivity index (χ2v) is 6.84. The summed E-state index contributed by atoms with van der Waals surface area (Å²) in [7, 11) is 0. The van der Waals surface area contributed by atoms with E-state index in [1.165, 1.54) is 0 Å². The van der Waals surface area contributed by atoms with Gasteiger partial charge in [0.1, 0.15) is 12.4 Å². The average Bonchev–Trinajstić information content (AvgIpc) is 2.82. The van der Waals surface area contributed by atoms with Gasteiger partial charge in [0.25, 0.3) is 0 Å². The normalized spacial score (nSPS) is 15.7. The van der Waals surface area contributed by atoms with Gasteiger partial charge in [-0.05, 0) is 51.0 Å². The van der Waals surface area contributed by atoms with Crippen molar-refractivity contribution in [2.45, 2.75) is 46.3 Å². The summed E-state index contributed by atoms with van der Waals surface area (Å²) in [5.41, 5.74) is 2.80. The van der Waals surface area contributed by atoms with Crippen molar-refractivity contribution in [1.29, 1.82) is 0 Å². The highest BCUT2D eigenvalue weighted by molar-refractivity contribution is 5.96. The fourth-order valence-corrected chi connectivity index (χ4v) is 2.81. The molecular formula is C20H27NO5. The topological polar surface area (TPSA) is 76.1 Å². The molecule has 6 nitrogen and oxygen atoms in total. The molecule has 1 unspecified atom stereocenters. The molecule has 0 aromatic heterocycles. The Balaban J connectivity index is 1.82. The number of nitrogens with zero attached hydrogens (tertiary/aromatic N) is 1. The van der Waals surface area contributed by atoms with E-state index in [0.717, 1.165) is 16.7 Å². The van der Waals surface area contributed by atoms with Gasteiger partial charge in [-0.1, -0.05) is 12.1 Å². The van der Waals surface area contributed by atoms with Crippen LogP contribution in [-0.4, -0.2) is 53.8 Å². The average molecular weight is 361 g/mol. The minimum Gasteiger partial charge on any atom is -0.492 e. The van der Waals surface area contributed by atoms with Crippen molar-refractivity contribution >= 4 is 11.9 Å². The summed E-state index contributed by atoms with van der Waals surface area (Å²) in [6, 6.07) is 7.30. The van der Waals surface area contributed by atoms with Crippen molar-refractivity contribution < 1.29 is 24.2 Å². The zero-order valence-corrected chi connectivity index (χ0v) is 15.8. The van der Waals surface area contributed by atoms with Gasteiger partial charge in [-0.2, -0.15) is 0 Å². The molecule has 6 heteroatoms. The highest BCUT2D eigenvalue weighted by Gasteiger charge is 2.24. The summed E-state index contributed by atoms with van der Waals surface area (Å²) in [5.74, 6) is -0.196. The first-order valence-corrected chi connectivity index (χ1v) is 8.83. The highest BCUT2D eigenvalue weighted by atomic mass is 16.5. The van der Waals surface area contributed by atoms with Crippen LogP contribution in [0.3, 0.4) is 0 Å². The predicted octanol–water partition coefficient (Wildman–Crippen LogP) is 2.66. The van der Waals surface area contributed by atoms with Crippen molar-refractivity contribution in [3.8, 4) is 5.75 Å². The van der Waals surface area contributed by atoms with Crippen molar-refractivity contribution in [2.75, 3.05) is 19.7 Å². The number of rotatable bonds is 9. The van der Waals surface area contributed by atoms with E-state index in [1.807, 2.05) is 52.0 Å². The molecule has 0 saturated heterocycles. The summed E-state index contributed by atoms with van der Waals surface area (Å²) in [5, 5.41) is 9.23. The first-order chi connectivity index (χ1) is 12.3. The summed E-state index contributed by atoms with van der Waals surface area (Å²) >= 11 is 0. The van der Waals surface area contributed by atoms with E-state index in [4.69, 9.17) is 9.47 Å². The van der Waals surface area contributed by atoms with Gasteiger partial charge in [-0.15, -0.1) is 0 Å². The molecule has 1 aliphatic rings. The Kier molecular flexibility index (Phi) is 6.80. The van der Waals surface area contributed by atoms with E-state index in [9.17, 15) is 14.7 Å². The number of ether oxygens (including phenoxy) is 2. The van der Waals surface area contributed by atoms with Crippen LogP contribution in [0.25, 0.3) is 0 Å². The van der Waals surface area contributed by atoms with E-state index in [0.29, 0.717) is 31.9 Å². The third-order valence-corrected chi connectivity index (χ3v) is 4.36. The Morgan fingerprint density at radius 3 is 2.38 bits per heavy atom. The molecular weight excluding hydrogens is 334 g/mol. The zero-order valence-electron chi connectivity index (χ0n) is 15.8. The minimum absolute atomic E-state index is 0.0753. The number of carboxylic acids is 1. The Morgan fingerprint density at radius 2 is 1.88 bits per heavy atom. The van der Waals surface area contributed by atoms with Crippen LogP contribution in [0.4, 0.5) is 0 Å². The lowest BCUT2D eigenvalue weighted by molar-refractivity contribution is -0.153. The molecule has 2 rings (SSSR count). The molecule has 1 aromatic rings. The van der Waals surface area contributed by atoms with Crippen molar-refractivity contribution in [2.24, 2.45) is 0 Å². The maximum atomic E-state index is 12.0. The van der Waals surface area contributed by atoms with Crippen molar-refractivity contribution in [3.63, 3.8) is 0 Å². The molecule has 1 amide bonds. The number of hydrogen-bond donors (Lipinski definition) is 1. The van der Waals surface area contributed by atoms with Crippen LogP contribution in [0.5, 0.6) is 5.75 Å². The molecule has 1 heterocycles. The van der Waals surface area contributed by atoms with Gasteiger partial charge in [0.2, 0.25) is 5.91 Å². The van der Waals surface area contributed by atoms with Crippen LogP contribution < -0.4 is 4.74 Å². The van der Waals surface area contributed by atoms with Crippen LogP contribution in [-0.2, 0) is 20.7 Å². The molecule has 1 atom stereocenters. The largest absolute Gasteiger partial charge is 0.492 e. The lowest BCUT2D eigenvalue weighted by atomic mass is 10.1. The van der Waals surface area contributed by atoms with E-state index < -0.39 is 12.1 Å². The van der Waals surface area contributed by atoms with Crippen molar-refractivity contribution in [3.05, 3.63) is 41.0 Å². The van der Waals surface area contributed by atoms with Crippen LogP contribution in [0, 0.1) is 0 Å². The van der Waals surface area contributed by atoms with Gasteiger partial charge in [0.05, 0.1) is 12.6 Å². The van der Waals surface area contributed by atoms with E-state index in [2.05, 4.69) is 0 Å². The standard InChI is InChI=1S/C20H27NO5/c1-13(2)26-18(20(23)24)11-16-5-7-17(8-6-16)25-10-9-21-12-14(3)15(4)19(21)22/h5-8,13,18H,9-12H2,1-4H3,(H,23,24). The van der Waals surface area contributed by atoms with E-state index in [-0.39, 0.29) is 12.0 Å². The summed E-state index contributed by atoms with van der Waals surface area (Å²) in [4.78, 5) is 25.0. The van der Waals surface area contributed by atoms with Gasteiger partial charge >= 0.3 is 5.97 Å². The lowest BCUT2D eigenvalue weighted by Crippen LogP contribution is -2.31. The maximum Gasteiger partial charge on any atom is 0.333 e. The first-order valence-electron chi connectivity index (χ1n) is 8.83. The molecule has 0 saturated carbocycles. The van der Waals surface area contributed by atoms with Crippen LogP contribution in [0.15, 0.2) is 35.4 Å². The van der Waals surface area contributed by atoms with E-state index >= 15 is 0 Å². The Labute approximate surface area is 154 Å². The molecule has 1 N–H and O–H groups in total. The number of carboxylic acid groups (broad SMARTS) is 1. The lowest BCUT2D eigenvalue weighted by Gasteiger charge is -2.18. The monoisotopic (exact) mass is 361 g/mol. The Hall–Kier alpha value is -2.34. The van der Waals surface area contributed by atoms with Gasteiger partial charge in [0.15, 0.2) is 6.10 Å². The smallest absolute Gasteiger partial charge is 0.333 e. The van der Waals surface area contributed by atoms with Crippen LogP contribution >= 0.6 is 0 Å². The summed E-state index contributed by atoms with van der Waals surface area (Å²) in [6.45, 7) is 9.08. The SMILES string of the molecule is CC1=C(C)C(=O)N(CCOc2ccc(CC(OC(C)C)C(=O)O)cc2)C1. The Bertz CT molecular complexity index is 678. The number of benzene rings is 1. The van der Waals surface area contributed by atoms with Gasteiger partial charge < -0.3 is 19.5 Å². The number of carbonyl (C=O) groups excluding carboxylic acids is 1. The molecule has 142 valence electrons. The third kappa shape index (κ3) is 5.33. The predicted molar refractivity (Wildman–Crippen MR) is 98.2 cm³/mol. The summed E-state index contributed by atoms with van der Waals surface area (Å²) in [6.07, 6.45) is -0.698. The van der Waals surface area contributed by atoms with Gasteiger partial charge in [-0.3, -0.25) is 4.79 Å². The minimum atomic E-state index is -0.964. The second kappa shape index (κ2) is 8.85. The molecule has 26 heavy (non-hydrogen) atoms. The molecule has 1 aliphatic heterocycles. The molecule has 0 bridgehead atoms.